The third-order valence-corrected chi connectivity index (χ3v) is 4.53. The van der Waals surface area contributed by atoms with Gasteiger partial charge in [0.25, 0.3) is 0 Å². The molecule has 0 N–H and O–H groups in total. The van der Waals surface area contributed by atoms with E-state index in [0.717, 1.165) is 54.5 Å². The number of ether oxygens (including phenoxy) is 2. The van der Waals surface area contributed by atoms with Gasteiger partial charge >= 0.3 is 0 Å². The fraction of sp³-hybridized carbons (Fsp3) is 0.389. The molecule has 3 aromatic rings. The zero-order valence-electron chi connectivity index (χ0n) is 14.4. The second-order valence-electron chi connectivity index (χ2n) is 6.19. The number of piperidine rings is 1. The molecule has 0 aliphatic carbocycles. The van der Waals surface area contributed by atoms with Crippen LogP contribution in [0.1, 0.15) is 12.8 Å². The highest BCUT2D eigenvalue weighted by Crippen LogP contribution is 2.29. The summed E-state index contributed by atoms with van der Waals surface area (Å²) in [6, 6.07) is 7.77. The molecule has 1 aliphatic rings. The van der Waals surface area contributed by atoms with Crippen LogP contribution in [0, 0.1) is 0 Å². The van der Waals surface area contributed by atoms with Crippen LogP contribution in [0.15, 0.2) is 36.8 Å². The second-order valence-corrected chi connectivity index (χ2v) is 6.19. The number of nitrogens with zero attached hydrogens (tertiary/aromatic N) is 5. The van der Waals surface area contributed by atoms with Crippen LogP contribution in [0.5, 0.6) is 11.5 Å². The average molecular weight is 339 g/mol. The summed E-state index contributed by atoms with van der Waals surface area (Å²) in [7, 11) is 3.61. The monoisotopic (exact) mass is 339 g/mol. The number of benzene rings is 1. The molecule has 0 saturated carbocycles. The van der Waals surface area contributed by atoms with E-state index in [0.29, 0.717) is 0 Å². The highest BCUT2D eigenvalue weighted by Gasteiger charge is 2.23. The number of hydrogen-bond donors (Lipinski definition) is 0. The Morgan fingerprint density at radius 1 is 1.08 bits per heavy atom. The van der Waals surface area contributed by atoms with E-state index in [2.05, 4.69) is 19.9 Å². The van der Waals surface area contributed by atoms with Crippen molar-refractivity contribution in [1.29, 1.82) is 0 Å². The van der Waals surface area contributed by atoms with Crippen LogP contribution in [0.4, 0.5) is 5.95 Å². The van der Waals surface area contributed by atoms with Crippen molar-refractivity contribution in [1.82, 2.24) is 19.5 Å². The maximum absolute atomic E-state index is 6.13. The summed E-state index contributed by atoms with van der Waals surface area (Å²) >= 11 is 0. The normalized spacial score (nSPS) is 15.5. The third kappa shape index (κ3) is 3.09. The summed E-state index contributed by atoms with van der Waals surface area (Å²) in [6.07, 6.45) is 5.56. The van der Waals surface area contributed by atoms with Crippen molar-refractivity contribution in [2.45, 2.75) is 18.9 Å². The first-order valence-corrected chi connectivity index (χ1v) is 8.43. The van der Waals surface area contributed by atoms with E-state index < -0.39 is 0 Å². The lowest BCUT2D eigenvalue weighted by Crippen LogP contribution is -2.39. The molecule has 2 aromatic heterocycles. The third-order valence-electron chi connectivity index (χ3n) is 4.53. The molecule has 0 atom stereocenters. The van der Waals surface area contributed by atoms with Crippen LogP contribution < -0.4 is 14.4 Å². The van der Waals surface area contributed by atoms with E-state index >= 15 is 0 Å². The maximum Gasteiger partial charge on any atom is 0.227 e. The Hall–Kier alpha value is -2.83. The lowest BCUT2D eigenvalue weighted by Gasteiger charge is -2.32. The van der Waals surface area contributed by atoms with Gasteiger partial charge in [-0.3, -0.25) is 0 Å². The number of aromatic nitrogens is 4. The topological polar surface area (TPSA) is 65.3 Å². The van der Waals surface area contributed by atoms with Crippen LogP contribution in [-0.4, -0.2) is 45.8 Å². The molecule has 130 valence electrons. The average Bonchev–Trinajstić information content (AvgIpc) is 3.03. The van der Waals surface area contributed by atoms with E-state index in [1.165, 1.54) is 0 Å². The fourth-order valence-corrected chi connectivity index (χ4v) is 3.13. The summed E-state index contributed by atoms with van der Waals surface area (Å²) in [5, 5.41) is 0. The lowest BCUT2D eigenvalue weighted by atomic mass is 10.1. The summed E-state index contributed by atoms with van der Waals surface area (Å²) in [4.78, 5) is 15.6. The number of aryl methyl sites for hydroxylation is 1. The molecule has 7 nitrogen and oxygen atoms in total. The van der Waals surface area contributed by atoms with Gasteiger partial charge in [0, 0.05) is 33.0 Å². The predicted octanol–water partition coefficient (Wildman–Crippen LogP) is 2.42. The van der Waals surface area contributed by atoms with Gasteiger partial charge in [0.15, 0.2) is 17.1 Å². The van der Waals surface area contributed by atoms with Gasteiger partial charge in [0.2, 0.25) is 5.95 Å². The van der Waals surface area contributed by atoms with Crippen LogP contribution in [0.2, 0.25) is 0 Å². The van der Waals surface area contributed by atoms with E-state index in [1.807, 2.05) is 35.9 Å². The van der Waals surface area contributed by atoms with Crippen molar-refractivity contribution in [3.05, 3.63) is 36.8 Å². The first kappa shape index (κ1) is 15.7. The van der Waals surface area contributed by atoms with Crippen molar-refractivity contribution < 1.29 is 9.47 Å². The number of fused-ring (bicyclic) bond motifs is 1. The molecular formula is C18H21N5O2. The minimum absolute atomic E-state index is 0.174. The zero-order chi connectivity index (χ0) is 17.2. The Labute approximate surface area is 146 Å². The minimum atomic E-state index is 0.174. The minimum Gasteiger partial charge on any atom is -0.493 e. The second kappa shape index (κ2) is 6.58. The van der Waals surface area contributed by atoms with Crippen molar-refractivity contribution in [2.24, 2.45) is 7.05 Å². The Balaban J connectivity index is 1.43. The molecule has 0 bridgehead atoms. The Kier molecular flexibility index (Phi) is 4.13. The first-order valence-electron chi connectivity index (χ1n) is 8.43. The first-order chi connectivity index (χ1) is 12.2. The van der Waals surface area contributed by atoms with Gasteiger partial charge < -0.3 is 18.9 Å². The summed E-state index contributed by atoms with van der Waals surface area (Å²) in [6.45, 7) is 1.73. The van der Waals surface area contributed by atoms with Crippen LogP contribution in [0.25, 0.3) is 11.2 Å². The van der Waals surface area contributed by atoms with E-state index in [-0.39, 0.29) is 6.10 Å². The number of rotatable bonds is 4. The molecule has 3 heterocycles. The molecule has 1 aliphatic heterocycles. The maximum atomic E-state index is 6.13. The molecule has 1 fully saturated rings. The Morgan fingerprint density at radius 2 is 1.84 bits per heavy atom. The fourth-order valence-electron chi connectivity index (χ4n) is 3.13. The SMILES string of the molecule is COc1ccccc1OC1CCN(c2ncc3ncn(C)c3n2)CC1. The number of anilines is 1. The smallest absolute Gasteiger partial charge is 0.227 e. The molecule has 4 rings (SSSR count). The summed E-state index contributed by atoms with van der Waals surface area (Å²) in [5.41, 5.74) is 1.68. The lowest BCUT2D eigenvalue weighted by molar-refractivity contribution is 0.164. The quantitative estimate of drug-likeness (QED) is 0.727. The largest absolute Gasteiger partial charge is 0.493 e. The van der Waals surface area contributed by atoms with Gasteiger partial charge in [0.05, 0.1) is 19.6 Å². The standard InChI is InChI=1S/C18H21N5O2/c1-22-12-20-14-11-19-18(21-17(14)22)23-9-7-13(8-10-23)25-16-6-4-3-5-15(16)24-2/h3-6,11-13H,7-10H2,1-2H3. The van der Waals surface area contributed by atoms with E-state index in [4.69, 9.17) is 9.47 Å². The Morgan fingerprint density at radius 3 is 2.60 bits per heavy atom. The van der Waals surface area contributed by atoms with E-state index in [9.17, 15) is 0 Å². The Bertz CT molecular complexity index is 871. The number of para-hydroxylation sites is 2. The number of imidazole rings is 1. The molecule has 0 amide bonds. The van der Waals surface area contributed by atoms with Crippen molar-refractivity contribution >= 4 is 17.1 Å². The van der Waals surface area contributed by atoms with Gasteiger partial charge in [-0.1, -0.05) is 12.1 Å². The predicted molar refractivity (Wildman–Crippen MR) is 95.2 cm³/mol. The summed E-state index contributed by atoms with van der Waals surface area (Å²) in [5.74, 6) is 2.33. The molecule has 0 unspecified atom stereocenters. The molecular weight excluding hydrogens is 318 g/mol. The number of methoxy groups -OCH3 is 1. The highest BCUT2D eigenvalue weighted by molar-refractivity contribution is 5.70. The van der Waals surface area contributed by atoms with Crippen molar-refractivity contribution in [3.8, 4) is 11.5 Å². The van der Waals surface area contributed by atoms with Crippen molar-refractivity contribution in [3.63, 3.8) is 0 Å². The van der Waals surface area contributed by atoms with Gasteiger partial charge in [-0.2, -0.15) is 4.98 Å². The van der Waals surface area contributed by atoms with E-state index in [1.54, 1.807) is 19.6 Å². The molecule has 0 spiro atoms. The molecule has 7 heteroatoms. The zero-order valence-corrected chi connectivity index (χ0v) is 14.4. The van der Waals surface area contributed by atoms with Crippen molar-refractivity contribution in [2.75, 3.05) is 25.1 Å². The van der Waals surface area contributed by atoms with Gasteiger partial charge in [-0.25, -0.2) is 9.97 Å². The molecule has 1 saturated heterocycles. The van der Waals surface area contributed by atoms with Gasteiger partial charge in [0.1, 0.15) is 11.6 Å². The van der Waals surface area contributed by atoms with Gasteiger partial charge in [-0.15, -0.1) is 0 Å². The van der Waals surface area contributed by atoms with Gasteiger partial charge in [-0.05, 0) is 12.1 Å². The highest BCUT2D eigenvalue weighted by atomic mass is 16.5. The molecule has 25 heavy (non-hydrogen) atoms. The number of hydrogen-bond acceptors (Lipinski definition) is 6. The van der Waals surface area contributed by atoms with Crippen LogP contribution in [0.3, 0.4) is 0 Å². The molecule has 0 radical (unpaired) electrons. The molecule has 1 aromatic carbocycles. The van der Waals surface area contributed by atoms with Crippen LogP contribution >= 0.6 is 0 Å². The van der Waals surface area contributed by atoms with Crippen LogP contribution in [-0.2, 0) is 7.05 Å². The summed E-state index contributed by atoms with van der Waals surface area (Å²) < 4.78 is 13.4.